The molecule has 5 nitrogen and oxygen atoms in total. The van der Waals surface area contributed by atoms with Gasteiger partial charge in [-0.3, -0.25) is 0 Å². The van der Waals surface area contributed by atoms with E-state index in [-0.39, 0.29) is 12.7 Å². The quantitative estimate of drug-likeness (QED) is 0.669. The number of halogens is 3. The first kappa shape index (κ1) is 20.4. The van der Waals surface area contributed by atoms with E-state index in [1.54, 1.807) is 10.4 Å². The van der Waals surface area contributed by atoms with Gasteiger partial charge in [-0.25, -0.2) is 9.78 Å². The maximum Gasteiger partial charge on any atom is 0.416 e. The van der Waals surface area contributed by atoms with Gasteiger partial charge in [0, 0.05) is 18.5 Å². The Bertz CT molecular complexity index is 743. The molecule has 2 aromatic rings. The van der Waals surface area contributed by atoms with E-state index < -0.39 is 11.7 Å². The largest absolute Gasteiger partial charge is 0.494 e. The third kappa shape index (κ3) is 5.85. The molecule has 0 aliphatic carbocycles. The van der Waals surface area contributed by atoms with Crippen LogP contribution in [-0.4, -0.2) is 35.7 Å². The number of hydrogen-bond acceptors (Lipinski definition) is 5. The number of likely N-dealkylation sites (tertiary alicyclic amines) is 1. The van der Waals surface area contributed by atoms with E-state index in [9.17, 15) is 18.0 Å². The number of hydrogen-bond donors (Lipinski definition) is 0. The summed E-state index contributed by atoms with van der Waals surface area (Å²) in [5.74, 6) is 0.841. The van der Waals surface area contributed by atoms with Gasteiger partial charge in [0.1, 0.15) is 12.4 Å². The molecule has 0 atom stereocenters. The Kier molecular flexibility index (Phi) is 6.77. The normalized spacial score (nSPS) is 15.5. The number of nitrogens with zero attached hydrogens (tertiary/aromatic N) is 2. The average Bonchev–Trinajstić information content (AvgIpc) is 3.20. The van der Waals surface area contributed by atoms with Crippen LogP contribution in [0.2, 0.25) is 0 Å². The van der Waals surface area contributed by atoms with Crippen LogP contribution >= 0.6 is 11.3 Å². The summed E-state index contributed by atoms with van der Waals surface area (Å²) in [5.41, 5.74) is 1.75. The van der Waals surface area contributed by atoms with Crippen LogP contribution in [0.4, 0.5) is 18.0 Å². The number of rotatable bonds is 6. The minimum absolute atomic E-state index is 0.184. The van der Waals surface area contributed by atoms with Crippen LogP contribution in [0.25, 0.3) is 0 Å². The predicted octanol–water partition coefficient (Wildman–Crippen LogP) is 4.98. The number of amides is 1. The molecule has 1 saturated heterocycles. The van der Waals surface area contributed by atoms with Crippen molar-refractivity contribution in [2.75, 3.05) is 19.7 Å². The highest BCUT2D eigenvalue weighted by Gasteiger charge is 2.30. The maximum absolute atomic E-state index is 12.5. The summed E-state index contributed by atoms with van der Waals surface area (Å²) in [7, 11) is 0. The van der Waals surface area contributed by atoms with Gasteiger partial charge < -0.3 is 14.4 Å². The maximum atomic E-state index is 12.5. The fourth-order valence-corrected chi connectivity index (χ4v) is 3.57. The predicted molar refractivity (Wildman–Crippen MR) is 98.2 cm³/mol. The molecule has 1 aromatic heterocycles. The van der Waals surface area contributed by atoms with Gasteiger partial charge in [-0.1, -0.05) is 0 Å². The van der Waals surface area contributed by atoms with Gasteiger partial charge >= 0.3 is 12.3 Å². The molecule has 0 radical (unpaired) electrons. The first-order valence-electron chi connectivity index (χ1n) is 9.00. The summed E-state index contributed by atoms with van der Waals surface area (Å²) >= 11 is 1.46. The summed E-state index contributed by atoms with van der Waals surface area (Å²) < 4.78 is 48.4. The second-order valence-electron chi connectivity index (χ2n) is 6.62. The van der Waals surface area contributed by atoms with Crippen molar-refractivity contribution in [3.05, 3.63) is 46.4 Å². The highest BCUT2D eigenvalue weighted by molar-refractivity contribution is 7.07. The van der Waals surface area contributed by atoms with E-state index in [1.165, 1.54) is 23.5 Å². The lowest BCUT2D eigenvalue weighted by atomic mass is 9.94. The first-order chi connectivity index (χ1) is 13.4. The van der Waals surface area contributed by atoms with Crippen molar-refractivity contribution in [1.82, 2.24) is 9.88 Å². The Hall–Kier alpha value is -2.29. The Morgan fingerprint density at radius 2 is 1.93 bits per heavy atom. The molecule has 0 spiro atoms. The van der Waals surface area contributed by atoms with Gasteiger partial charge in [-0.2, -0.15) is 13.2 Å². The molecule has 1 aromatic carbocycles. The summed E-state index contributed by atoms with van der Waals surface area (Å²) in [6.45, 7) is 1.87. The monoisotopic (exact) mass is 414 g/mol. The number of aromatic nitrogens is 1. The van der Waals surface area contributed by atoms with Crippen molar-refractivity contribution in [1.29, 1.82) is 0 Å². The Balaban J connectivity index is 1.33. The van der Waals surface area contributed by atoms with E-state index >= 15 is 0 Å². The van der Waals surface area contributed by atoms with E-state index in [0.29, 0.717) is 31.4 Å². The van der Waals surface area contributed by atoms with Crippen LogP contribution in [0.1, 0.15) is 30.5 Å². The highest BCUT2D eigenvalue weighted by atomic mass is 32.1. The van der Waals surface area contributed by atoms with E-state index in [2.05, 4.69) is 4.98 Å². The van der Waals surface area contributed by atoms with Crippen molar-refractivity contribution in [2.24, 2.45) is 5.92 Å². The SMILES string of the molecule is O=C(OCc1cscn1)N1CCC(CCOc2ccc(C(F)(F)F)cc2)CC1. The fourth-order valence-electron chi connectivity index (χ4n) is 3.02. The molecule has 0 bridgehead atoms. The number of carbonyl (C=O) groups is 1. The Morgan fingerprint density at radius 1 is 1.21 bits per heavy atom. The molecule has 1 fully saturated rings. The third-order valence-electron chi connectivity index (χ3n) is 4.68. The molecule has 1 aliphatic heterocycles. The second-order valence-corrected chi connectivity index (χ2v) is 7.34. The number of piperidine rings is 1. The zero-order chi connectivity index (χ0) is 20.0. The van der Waals surface area contributed by atoms with Crippen LogP contribution in [0.3, 0.4) is 0 Å². The van der Waals surface area contributed by atoms with Crippen LogP contribution in [0.5, 0.6) is 5.75 Å². The number of alkyl halides is 3. The molecular weight excluding hydrogens is 393 g/mol. The Labute approximate surface area is 165 Å². The smallest absolute Gasteiger partial charge is 0.416 e. The molecule has 0 saturated carbocycles. The average molecular weight is 414 g/mol. The third-order valence-corrected chi connectivity index (χ3v) is 5.31. The van der Waals surface area contributed by atoms with Crippen molar-refractivity contribution in [3.63, 3.8) is 0 Å². The summed E-state index contributed by atoms with van der Waals surface area (Å²) in [6.07, 6.45) is -2.17. The van der Waals surface area contributed by atoms with Gasteiger partial charge in [-0.05, 0) is 49.4 Å². The molecule has 1 amide bonds. The molecule has 0 N–H and O–H groups in total. The second kappa shape index (κ2) is 9.27. The van der Waals surface area contributed by atoms with Gasteiger partial charge in [0.15, 0.2) is 0 Å². The van der Waals surface area contributed by atoms with Crippen molar-refractivity contribution in [3.8, 4) is 5.75 Å². The van der Waals surface area contributed by atoms with Gasteiger partial charge in [-0.15, -0.1) is 11.3 Å². The van der Waals surface area contributed by atoms with Crippen molar-refractivity contribution < 1.29 is 27.4 Å². The molecule has 28 heavy (non-hydrogen) atoms. The number of thiazole rings is 1. The van der Waals surface area contributed by atoms with Crippen LogP contribution in [0, 0.1) is 5.92 Å². The van der Waals surface area contributed by atoms with Crippen LogP contribution < -0.4 is 4.74 Å². The lowest BCUT2D eigenvalue weighted by Gasteiger charge is -2.31. The summed E-state index contributed by atoms with van der Waals surface area (Å²) in [5, 5.41) is 1.84. The van der Waals surface area contributed by atoms with E-state index in [0.717, 1.165) is 37.1 Å². The molecule has 3 rings (SSSR count). The molecule has 9 heteroatoms. The Morgan fingerprint density at radius 3 is 2.54 bits per heavy atom. The molecule has 2 heterocycles. The molecule has 152 valence electrons. The summed E-state index contributed by atoms with van der Waals surface area (Å²) in [6, 6.07) is 4.71. The van der Waals surface area contributed by atoms with Gasteiger partial charge in [0.2, 0.25) is 0 Å². The fraction of sp³-hybridized carbons (Fsp3) is 0.474. The van der Waals surface area contributed by atoms with Gasteiger partial charge in [0.05, 0.1) is 23.4 Å². The highest BCUT2D eigenvalue weighted by Crippen LogP contribution is 2.30. The molecular formula is C19H21F3N2O3S. The minimum Gasteiger partial charge on any atom is -0.494 e. The lowest BCUT2D eigenvalue weighted by Crippen LogP contribution is -2.39. The van der Waals surface area contributed by atoms with Crippen LogP contribution in [-0.2, 0) is 17.5 Å². The van der Waals surface area contributed by atoms with Crippen molar-refractivity contribution >= 4 is 17.4 Å². The number of ether oxygens (including phenoxy) is 2. The molecule has 0 unspecified atom stereocenters. The topological polar surface area (TPSA) is 51.7 Å². The zero-order valence-electron chi connectivity index (χ0n) is 15.2. The standard InChI is InChI=1S/C19H21F3N2O3S/c20-19(21,22)15-1-3-17(4-2-15)26-10-7-14-5-8-24(9-6-14)18(25)27-11-16-12-28-13-23-16/h1-4,12-14H,5-11H2. The first-order valence-corrected chi connectivity index (χ1v) is 9.95. The minimum atomic E-state index is -4.34. The van der Waals surface area contributed by atoms with Gasteiger partial charge in [0.25, 0.3) is 0 Å². The van der Waals surface area contributed by atoms with Crippen LogP contribution in [0.15, 0.2) is 35.2 Å². The number of carbonyl (C=O) groups excluding carboxylic acids is 1. The molecule has 1 aliphatic rings. The zero-order valence-corrected chi connectivity index (χ0v) is 16.0. The van der Waals surface area contributed by atoms with Crippen molar-refractivity contribution in [2.45, 2.75) is 32.0 Å². The number of benzene rings is 1. The summed E-state index contributed by atoms with van der Waals surface area (Å²) in [4.78, 5) is 17.8. The lowest BCUT2D eigenvalue weighted by molar-refractivity contribution is -0.137. The van der Waals surface area contributed by atoms with E-state index in [4.69, 9.17) is 9.47 Å². The van der Waals surface area contributed by atoms with E-state index in [1.807, 2.05) is 5.38 Å².